The van der Waals surface area contributed by atoms with Crippen molar-refractivity contribution in [1.29, 1.82) is 0 Å². The van der Waals surface area contributed by atoms with Gasteiger partial charge >= 0.3 is 0 Å². The monoisotopic (exact) mass is 437 g/mol. The van der Waals surface area contributed by atoms with E-state index in [0.717, 1.165) is 16.7 Å². The van der Waals surface area contributed by atoms with E-state index in [9.17, 15) is 14.0 Å². The number of ether oxygens (including phenoxy) is 1. The molecular weight excluding hydrogens is 413 g/mol. The largest absolute Gasteiger partial charge is 0.366 e. The van der Waals surface area contributed by atoms with Crippen molar-refractivity contribution < 1.29 is 18.7 Å². The third-order valence-corrected chi connectivity index (χ3v) is 6.01. The molecule has 0 aromatic heterocycles. The summed E-state index contributed by atoms with van der Waals surface area (Å²) in [7, 11) is 0. The zero-order chi connectivity index (χ0) is 22.7. The maximum Gasteiger partial charge on any atom is 0.252 e. The van der Waals surface area contributed by atoms with Crippen LogP contribution in [0.15, 0.2) is 53.6 Å². The molecule has 2 aliphatic heterocycles. The molecule has 32 heavy (non-hydrogen) atoms. The number of carbonyl (C=O) groups excluding carboxylic acids is 2. The summed E-state index contributed by atoms with van der Waals surface area (Å²) >= 11 is 0. The van der Waals surface area contributed by atoms with Crippen LogP contribution in [0.4, 0.5) is 4.39 Å². The Balaban J connectivity index is 1.62. The summed E-state index contributed by atoms with van der Waals surface area (Å²) in [5, 5.41) is 6.51. The van der Waals surface area contributed by atoms with Gasteiger partial charge in [-0.3, -0.25) is 9.59 Å². The summed E-state index contributed by atoms with van der Waals surface area (Å²) < 4.78 is 19.4. The van der Waals surface area contributed by atoms with Gasteiger partial charge in [-0.2, -0.15) is 0 Å². The van der Waals surface area contributed by atoms with E-state index in [4.69, 9.17) is 10.3 Å². The van der Waals surface area contributed by atoms with Crippen LogP contribution < -0.4 is 5.32 Å². The van der Waals surface area contributed by atoms with E-state index in [1.54, 1.807) is 17.0 Å². The standard InChI is InChI=1S/C23H24FN5O3/c1-14(30)26-20-13-32-21(12-19(20)27-28-25)23(31)29-11-10-15-4-2-3-5-18(15)22(29)16-6-8-17(24)9-7-16/h2-9,19-22H,10-13H2,1H3,(H,26,30)/t19?,20-,21-,22+/m1/s1. The van der Waals surface area contributed by atoms with Crippen molar-refractivity contribution >= 4 is 11.8 Å². The average molecular weight is 437 g/mol. The number of nitrogens with zero attached hydrogens (tertiary/aromatic N) is 4. The Hall–Kier alpha value is -3.42. The number of rotatable bonds is 4. The minimum absolute atomic E-state index is 0.0747. The minimum atomic E-state index is -0.802. The lowest BCUT2D eigenvalue weighted by Gasteiger charge is -2.41. The highest BCUT2D eigenvalue weighted by atomic mass is 19.1. The van der Waals surface area contributed by atoms with E-state index in [0.29, 0.717) is 13.0 Å². The molecule has 2 aliphatic rings. The molecular formula is C23H24FN5O3. The van der Waals surface area contributed by atoms with Gasteiger partial charge in [-0.05, 0) is 47.2 Å². The maximum atomic E-state index is 13.6. The number of nitrogens with one attached hydrogen (secondary N) is 1. The molecule has 0 radical (unpaired) electrons. The second kappa shape index (κ2) is 9.38. The van der Waals surface area contributed by atoms with Gasteiger partial charge in [-0.15, -0.1) is 0 Å². The predicted molar refractivity (Wildman–Crippen MR) is 115 cm³/mol. The molecule has 2 aromatic carbocycles. The topological polar surface area (TPSA) is 107 Å². The fourth-order valence-electron chi connectivity index (χ4n) is 4.54. The van der Waals surface area contributed by atoms with Gasteiger partial charge in [0.1, 0.15) is 11.9 Å². The third-order valence-electron chi connectivity index (χ3n) is 6.01. The van der Waals surface area contributed by atoms with Crippen LogP contribution in [0, 0.1) is 5.82 Å². The lowest BCUT2D eigenvalue weighted by Crippen LogP contribution is -2.55. The SMILES string of the molecule is CC(=O)N[C@@H]1CO[C@@H](C(=O)N2CCc3ccccc3[C@@H]2c2ccc(F)cc2)CC1N=[N+]=[N-]. The van der Waals surface area contributed by atoms with Crippen molar-refractivity contribution in [2.24, 2.45) is 5.11 Å². The van der Waals surface area contributed by atoms with Crippen LogP contribution in [-0.4, -0.2) is 48.1 Å². The molecule has 2 amide bonds. The van der Waals surface area contributed by atoms with Crippen molar-refractivity contribution in [2.45, 2.75) is 44.0 Å². The summed E-state index contributed by atoms with van der Waals surface area (Å²) in [6.07, 6.45) is 0.0617. The first-order chi connectivity index (χ1) is 15.5. The highest BCUT2D eigenvalue weighted by Crippen LogP contribution is 2.36. The molecule has 4 rings (SSSR count). The van der Waals surface area contributed by atoms with Gasteiger partial charge in [0.15, 0.2) is 0 Å². The molecule has 2 aromatic rings. The Morgan fingerprint density at radius 1 is 1.22 bits per heavy atom. The molecule has 166 valence electrons. The smallest absolute Gasteiger partial charge is 0.252 e. The Labute approximate surface area is 185 Å². The molecule has 2 heterocycles. The molecule has 0 bridgehead atoms. The first kappa shape index (κ1) is 21.8. The van der Waals surface area contributed by atoms with Crippen molar-refractivity contribution in [3.8, 4) is 0 Å². The van der Waals surface area contributed by atoms with Gasteiger partial charge in [-0.1, -0.05) is 41.5 Å². The first-order valence-corrected chi connectivity index (χ1v) is 10.5. The van der Waals surface area contributed by atoms with Crippen LogP contribution in [0.3, 0.4) is 0 Å². The van der Waals surface area contributed by atoms with Crippen LogP contribution in [0.1, 0.15) is 36.1 Å². The van der Waals surface area contributed by atoms with E-state index >= 15 is 0 Å². The number of fused-ring (bicyclic) bond motifs is 1. The zero-order valence-electron chi connectivity index (χ0n) is 17.6. The quantitative estimate of drug-likeness (QED) is 0.451. The molecule has 9 heteroatoms. The van der Waals surface area contributed by atoms with E-state index in [2.05, 4.69) is 15.3 Å². The number of hydrogen-bond donors (Lipinski definition) is 1. The van der Waals surface area contributed by atoms with E-state index < -0.39 is 18.2 Å². The summed E-state index contributed by atoms with van der Waals surface area (Å²) in [6.45, 7) is 1.94. The van der Waals surface area contributed by atoms with Gasteiger partial charge < -0.3 is 15.0 Å². The summed E-state index contributed by atoms with van der Waals surface area (Å²) in [6, 6.07) is 12.6. The van der Waals surface area contributed by atoms with Gasteiger partial charge in [0, 0.05) is 18.4 Å². The summed E-state index contributed by atoms with van der Waals surface area (Å²) in [4.78, 5) is 29.7. The maximum absolute atomic E-state index is 13.6. The number of hydrogen-bond acceptors (Lipinski definition) is 4. The van der Waals surface area contributed by atoms with Crippen molar-refractivity contribution in [3.63, 3.8) is 0 Å². The Kier molecular flexibility index (Phi) is 6.39. The Bertz CT molecular complexity index is 1050. The number of carbonyl (C=O) groups is 2. The molecule has 1 unspecified atom stereocenters. The molecule has 1 fully saturated rings. The van der Waals surface area contributed by atoms with Gasteiger partial charge in [0.05, 0.1) is 24.7 Å². The lowest BCUT2D eigenvalue weighted by atomic mass is 9.87. The molecule has 0 aliphatic carbocycles. The number of azide groups is 1. The van der Waals surface area contributed by atoms with Crippen LogP contribution in [0.5, 0.6) is 0 Å². The number of benzene rings is 2. The predicted octanol–water partition coefficient (Wildman–Crippen LogP) is 3.27. The van der Waals surface area contributed by atoms with E-state index in [-0.39, 0.29) is 36.7 Å². The third kappa shape index (κ3) is 4.44. The molecule has 1 N–H and O–H groups in total. The summed E-state index contributed by atoms with van der Waals surface area (Å²) in [5.74, 6) is -0.814. The number of amides is 2. The van der Waals surface area contributed by atoms with Crippen molar-refractivity contribution in [1.82, 2.24) is 10.2 Å². The van der Waals surface area contributed by atoms with Crippen LogP contribution in [0.2, 0.25) is 0 Å². The molecule has 8 nitrogen and oxygen atoms in total. The molecule has 4 atom stereocenters. The number of halogens is 1. The molecule has 0 spiro atoms. The van der Waals surface area contributed by atoms with Gasteiger partial charge in [0.25, 0.3) is 5.91 Å². The van der Waals surface area contributed by atoms with Gasteiger partial charge in [0.2, 0.25) is 5.91 Å². The lowest BCUT2D eigenvalue weighted by molar-refractivity contribution is -0.150. The van der Waals surface area contributed by atoms with Crippen molar-refractivity contribution in [2.75, 3.05) is 13.2 Å². The van der Waals surface area contributed by atoms with Crippen LogP contribution in [0.25, 0.3) is 10.4 Å². The fourth-order valence-corrected chi connectivity index (χ4v) is 4.54. The zero-order valence-corrected chi connectivity index (χ0v) is 17.6. The second-order valence-corrected chi connectivity index (χ2v) is 8.07. The van der Waals surface area contributed by atoms with Crippen molar-refractivity contribution in [3.05, 3.63) is 81.5 Å². The van der Waals surface area contributed by atoms with Crippen LogP contribution >= 0.6 is 0 Å². The minimum Gasteiger partial charge on any atom is -0.366 e. The normalized spacial score (nSPS) is 24.8. The summed E-state index contributed by atoms with van der Waals surface area (Å²) in [5.41, 5.74) is 11.9. The van der Waals surface area contributed by atoms with E-state index in [1.165, 1.54) is 19.1 Å². The second-order valence-electron chi connectivity index (χ2n) is 8.07. The Morgan fingerprint density at radius 3 is 2.69 bits per heavy atom. The van der Waals surface area contributed by atoms with E-state index in [1.807, 2.05) is 24.3 Å². The fraction of sp³-hybridized carbons (Fsp3) is 0.391. The Morgan fingerprint density at radius 2 is 1.97 bits per heavy atom. The highest BCUT2D eigenvalue weighted by molar-refractivity contribution is 5.82. The van der Waals surface area contributed by atoms with Crippen LogP contribution in [-0.2, 0) is 20.7 Å². The first-order valence-electron chi connectivity index (χ1n) is 10.5. The highest BCUT2D eigenvalue weighted by Gasteiger charge is 2.40. The molecule has 0 saturated carbocycles. The van der Waals surface area contributed by atoms with Gasteiger partial charge in [-0.25, -0.2) is 4.39 Å². The average Bonchev–Trinajstić information content (AvgIpc) is 2.79. The molecule has 1 saturated heterocycles.